The van der Waals surface area contributed by atoms with Gasteiger partial charge in [-0.2, -0.15) is 0 Å². The minimum atomic E-state index is -0.790. The Bertz CT molecular complexity index is 2140. The van der Waals surface area contributed by atoms with E-state index in [2.05, 4.69) is 15.9 Å². The third-order valence-corrected chi connectivity index (χ3v) is 9.22. The van der Waals surface area contributed by atoms with E-state index in [0.29, 0.717) is 37.7 Å². The number of ether oxygens (including phenoxy) is 1. The zero-order chi connectivity index (χ0) is 31.0. The molecule has 0 bridgehead atoms. The summed E-state index contributed by atoms with van der Waals surface area (Å²) in [6.07, 6.45) is 1.58. The number of nitro benzene ring substituents is 1. The number of hydrogen-bond acceptors (Lipinski definition) is 8. The van der Waals surface area contributed by atoms with Gasteiger partial charge in [0.15, 0.2) is 4.80 Å². The average molecular weight is 691 g/mol. The smallest absolute Gasteiger partial charge is 0.338 e. The highest BCUT2D eigenvalue weighted by Crippen LogP contribution is 2.38. The monoisotopic (exact) mass is 689 g/mol. The Kier molecular flexibility index (Phi) is 8.17. The van der Waals surface area contributed by atoms with Gasteiger partial charge in [-0.05, 0) is 46.6 Å². The fourth-order valence-corrected chi connectivity index (χ4v) is 6.52. The molecule has 6 rings (SSSR count). The Morgan fingerprint density at radius 2 is 1.82 bits per heavy atom. The maximum absolute atomic E-state index is 14.0. The predicted octanol–water partition coefficient (Wildman–Crippen LogP) is 6.52. The molecule has 3 heterocycles. The summed E-state index contributed by atoms with van der Waals surface area (Å²) in [5, 5.41) is 11.6. The molecule has 1 aliphatic rings. The lowest BCUT2D eigenvalue weighted by Gasteiger charge is -2.25. The maximum Gasteiger partial charge on any atom is 0.338 e. The molecule has 0 saturated carbocycles. The zero-order valence-electron chi connectivity index (χ0n) is 22.9. The predicted molar refractivity (Wildman–Crippen MR) is 171 cm³/mol. The molecule has 2 aromatic heterocycles. The molecule has 9 nitrogen and oxygen atoms in total. The van der Waals surface area contributed by atoms with Crippen LogP contribution in [0.3, 0.4) is 0 Å². The average Bonchev–Trinajstić information content (AvgIpc) is 3.62. The minimum absolute atomic E-state index is 0.157. The largest absolute Gasteiger partial charge is 0.463 e. The third-order valence-electron chi connectivity index (χ3n) is 6.88. The van der Waals surface area contributed by atoms with Crippen molar-refractivity contribution in [3.63, 3.8) is 0 Å². The lowest BCUT2D eigenvalue weighted by molar-refractivity contribution is -0.385. The number of halogens is 2. The van der Waals surface area contributed by atoms with Crippen LogP contribution >= 0.6 is 38.9 Å². The number of nitro groups is 1. The number of carbonyl (C=O) groups excluding carboxylic acids is 1. The molecule has 0 unspecified atom stereocenters. The summed E-state index contributed by atoms with van der Waals surface area (Å²) in [5.41, 5.74) is 1.97. The number of thiazole rings is 1. The van der Waals surface area contributed by atoms with Gasteiger partial charge in [0.05, 0.1) is 38.4 Å². The van der Waals surface area contributed by atoms with E-state index in [-0.39, 0.29) is 32.9 Å². The summed E-state index contributed by atoms with van der Waals surface area (Å²) in [4.78, 5) is 43.7. The molecule has 220 valence electrons. The van der Waals surface area contributed by atoms with Gasteiger partial charge in [0, 0.05) is 23.3 Å². The highest BCUT2D eigenvalue weighted by Gasteiger charge is 2.35. The van der Waals surface area contributed by atoms with E-state index < -0.39 is 16.9 Å². The Hall–Kier alpha value is -4.58. The number of furan rings is 1. The molecule has 0 saturated heterocycles. The fourth-order valence-electron chi connectivity index (χ4n) is 4.96. The van der Waals surface area contributed by atoms with Crippen LogP contribution in [0.1, 0.15) is 29.9 Å². The first kappa shape index (κ1) is 29.5. The SMILES string of the molecule is CCOC(=O)C1=C(c2ccccc2)N=c2s/c(=C\c3ccc(-c4cc(Cl)c(Br)c([N+](=O)[O-])c4)o3)c(=O)n2[C@@H]1c1ccccc1. The highest BCUT2D eigenvalue weighted by molar-refractivity contribution is 9.10. The normalized spacial score (nSPS) is 14.7. The summed E-state index contributed by atoms with van der Waals surface area (Å²) < 4.78 is 13.5. The standard InChI is InChI=1S/C32H21BrClN3O6S/c1-2-42-31(39)26-28(18-9-5-3-6-10-18)35-32-36(29(26)19-11-7-4-8-12-19)30(38)25(44-32)17-21-13-14-24(43-21)20-15-22(34)27(33)23(16-20)37(40)41/h3-17,29H,2H2,1H3/b25-17-/t29-/m1/s1. The molecule has 1 aliphatic heterocycles. The molecule has 0 fully saturated rings. The number of rotatable bonds is 7. The molecule has 3 aromatic carbocycles. The Morgan fingerprint density at radius 1 is 1.11 bits per heavy atom. The van der Waals surface area contributed by atoms with Crippen LogP contribution in [0.25, 0.3) is 23.1 Å². The van der Waals surface area contributed by atoms with Gasteiger partial charge in [-0.25, -0.2) is 9.79 Å². The van der Waals surface area contributed by atoms with E-state index in [0.717, 1.165) is 16.9 Å². The van der Waals surface area contributed by atoms with Gasteiger partial charge in [-0.3, -0.25) is 19.5 Å². The number of benzene rings is 3. The van der Waals surface area contributed by atoms with Crippen LogP contribution in [0.15, 0.2) is 109 Å². The summed E-state index contributed by atoms with van der Waals surface area (Å²) in [7, 11) is 0. The van der Waals surface area contributed by atoms with E-state index in [1.165, 1.54) is 10.6 Å². The second kappa shape index (κ2) is 12.2. The van der Waals surface area contributed by atoms with Crippen molar-refractivity contribution in [2.75, 3.05) is 6.61 Å². The van der Waals surface area contributed by atoms with E-state index in [1.807, 2.05) is 60.7 Å². The molecule has 0 N–H and O–H groups in total. The van der Waals surface area contributed by atoms with Crippen LogP contribution < -0.4 is 14.9 Å². The third kappa shape index (κ3) is 5.45. The van der Waals surface area contributed by atoms with Gasteiger partial charge in [-0.15, -0.1) is 0 Å². The molecular weight excluding hydrogens is 670 g/mol. The van der Waals surface area contributed by atoms with E-state index in [4.69, 9.17) is 25.7 Å². The van der Waals surface area contributed by atoms with Gasteiger partial charge in [0.2, 0.25) is 0 Å². The first-order valence-corrected chi connectivity index (χ1v) is 15.3. The summed E-state index contributed by atoms with van der Waals surface area (Å²) in [6.45, 7) is 1.88. The maximum atomic E-state index is 14.0. The molecule has 12 heteroatoms. The van der Waals surface area contributed by atoms with Gasteiger partial charge in [-0.1, -0.05) is 83.6 Å². The van der Waals surface area contributed by atoms with E-state index in [9.17, 15) is 19.7 Å². The molecule has 0 radical (unpaired) electrons. The van der Waals surface area contributed by atoms with Crippen molar-refractivity contribution < 1.29 is 18.9 Å². The van der Waals surface area contributed by atoms with Gasteiger partial charge < -0.3 is 9.15 Å². The van der Waals surface area contributed by atoms with Crippen LogP contribution in [0.4, 0.5) is 5.69 Å². The van der Waals surface area contributed by atoms with Crippen molar-refractivity contribution in [3.05, 3.63) is 147 Å². The number of carbonyl (C=O) groups is 1. The number of fused-ring (bicyclic) bond motifs is 1. The first-order chi connectivity index (χ1) is 21.3. The number of aromatic nitrogens is 1. The van der Waals surface area contributed by atoms with Crippen molar-refractivity contribution in [3.8, 4) is 11.3 Å². The highest BCUT2D eigenvalue weighted by atomic mass is 79.9. The quantitative estimate of drug-likeness (QED) is 0.109. The second-order valence-corrected chi connectivity index (χ2v) is 11.8. The Balaban J connectivity index is 1.53. The topological polar surface area (TPSA) is 117 Å². The van der Waals surface area contributed by atoms with E-state index >= 15 is 0 Å². The van der Waals surface area contributed by atoms with Crippen molar-refractivity contribution >= 4 is 62.3 Å². The van der Waals surface area contributed by atoms with Crippen molar-refractivity contribution in [1.82, 2.24) is 4.57 Å². The molecule has 5 aromatic rings. The summed E-state index contributed by atoms with van der Waals surface area (Å²) in [5.74, 6) is 0.118. The zero-order valence-corrected chi connectivity index (χ0v) is 26.1. The molecule has 0 aliphatic carbocycles. The molecular formula is C32H21BrClN3O6S. The number of hydrogen-bond donors (Lipinski definition) is 0. The summed E-state index contributed by atoms with van der Waals surface area (Å²) in [6, 6.07) is 24.0. The van der Waals surface area contributed by atoms with Crippen molar-refractivity contribution in [2.45, 2.75) is 13.0 Å². The van der Waals surface area contributed by atoms with Gasteiger partial charge in [0.1, 0.15) is 16.0 Å². The van der Waals surface area contributed by atoms with Crippen LogP contribution in [0, 0.1) is 10.1 Å². The molecule has 0 spiro atoms. The Morgan fingerprint density at radius 3 is 2.50 bits per heavy atom. The second-order valence-electron chi connectivity index (χ2n) is 9.59. The van der Waals surface area contributed by atoms with Crippen LogP contribution in [-0.2, 0) is 9.53 Å². The fraction of sp³-hybridized carbons (Fsp3) is 0.0938. The van der Waals surface area contributed by atoms with Crippen LogP contribution in [0.2, 0.25) is 5.02 Å². The van der Waals surface area contributed by atoms with Gasteiger partial charge in [0.25, 0.3) is 11.2 Å². The Labute approximate surface area is 267 Å². The molecule has 1 atom stereocenters. The van der Waals surface area contributed by atoms with Crippen LogP contribution in [0.5, 0.6) is 0 Å². The van der Waals surface area contributed by atoms with Crippen LogP contribution in [-0.4, -0.2) is 22.1 Å². The first-order valence-electron chi connectivity index (χ1n) is 13.3. The van der Waals surface area contributed by atoms with Crippen molar-refractivity contribution in [2.24, 2.45) is 4.99 Å². The lowest BCUT2D eigenvalue weighted by Crippen LogP contribution is -2.39. The number of esters is 1. The van der Waals surface area contributed by atoms with Crippen molar-refractivity contribution in [1.29, 1.82) is 0 Å². The lowest BCUT2D eigenvalue weighted by atomic mass is 9.93. The van der Waals surface area contributed by atoms with Gasteiger partial charge >= 0.3 is 5.97 Å². The molecule has 0 amide bonds. The molecule has 44 heavy (non-hydrogen) atoms. The number of nitrogens with zero attached hydrogens (tertiary/aromatic N) is 3. The minimum Gasteiger partial charge on any atom is -0.463 e. The summed E-state index contributed by atoms with van der Waals surface area (Å²) >= 11 is 10.5. The van der Waals surface area contributed by atoms with E-state index in [1.54, 1.807) is 31.2 Å².